The van der Waals surface area contributed by atoms with Crippen molar-refractivity contribution in [1.29, 1.82) is 0 Å². The Morgan fingerprint density at radius 2 is 2.25 bits per heavy atom. The zero-order chi connectivity index (χ0) is 22.5. The maximum absolute atomic E-state index is 11.9. The third kappa shape index (κ3) is 4.92. The first-order valence-corrected chi connectivity index (χ1v) is 10.9. The Morgan fingerprint density at radius 3 is 3.03 bits per heavy atom. The molecule has 1 unspecified atom stereocenters. The van der Waals surface area contributed by atoms with Crippen LogP contribution in [0.2, 0.25) is 5.02 Å². The van der Waals surface area contributed by atoms with E-state index in [9.17, 15) is 4.79 Å². The van der Waals surface area contributed by atoms with Gasteiger partial charge in [0, 0.05) is 25.6 Å². The van der Waals surface area contributed by atoms with Gasteiger partial charge in [0.1, 0.15) is 23.1 Å². The molecule has 2 aliphatic heterocycles. The summed E-state index contributed by atoms with van der Waals surface area (Å²) in [6.45, 7) is 2.43. The minimum atomic E-state index is -0.114. The number of halogens is 1. The van der Waals surface area contributed by atoms with Crippen molar-refractivity contribution in [3.8, 4) is 17.4 Å². The number of hydrogen-bond donors (Lipinski definition) is 1. The molecule has 0 radical (unpaired) electrons. The zero-order valence-corrected chi connectivity index (χ0v) is 18.6. The highest BCUT2D eigenvalue weighted by atomic mass is 35.5. The highest BCUT2D eigenvalue weighted by molar-refractivity contribution is 6.32. The van der Waals surface area contributed by atoms with Crippen molar-refractivity contribution < 1.29 is 24.1 Å². The summed E-state index contributed by atoms with van der Waals surface area (Å²) in [5.41, 5.74) is 1.71. The Hall–Kier alpha value is -2.97. The minimum Gasteiger partial charge on any atom is -0.490 e. The Balaban J connectivity index is 1.44. The molecule has 170 valence electrons. The molecule has 0 aliphatic carbocycles. The van der Waals surface area contributed by atoms with E-state index in [0.717, 1.165) is 23.5 Å². The van der Waals surface area contributed by atoms with E-state index < -0.39 is 0 Å². The van der Waals surface area contributed by atoms with Gasteiger partial charge in [0.15, 0.2) is 0 Å². The predicted molar refractivity (Wildman–Crippen MR) is 121 cm³/mol. The number of rotatable bonds is 7. The molecule has 8 nitrogen and oxygen atoms in total. The van der Waals surface area contributed by atoms with Crippen molar-refractivity contribution in [3.05, 3.63) is 47.8 Å². The van der Waals surface area contributed by atoms with Gasteiger partial charge in [-0.3, -0.25) is 4.79 Å². The largest absolute Gasteiger partial charge is 0.490 e. The topological polar surface area (TPSA) is 84.4 Å². The number of hydrogen-bond acceptors (Lipinski definition) is 7. The number of carbonyl (C=O) groups is 1. The number of aliphatic hydroxyl groups excluding tert-OH is 1. The molecule has 4 rings (SSSR count). The molecule has 1 fully saturated rings. The van der Waals surface area contributed by atoms with Crippen molar-refractivity contribution in [3.63, 3.8) is 0 Å². The molecule has 0 spiro atoms. The molecule has 1 aromatic carbocycles. The summed E-state index contributed by atoms with van der Waals surface area (Å²) in [6.07, 6.45) is 6.43. The van der Waals surface area contributed by atoms with E-state index >= 15 is 0 Å². The van der Waals surface area contributed by atoms with Gasteiger partial charge in [0.2, 0.25) is 11.8 Å². The molecule has 1 amide bonds. The van der Waals surface area contributed by atoms with Crippen LogP contribution in [-0.4, -0.2) is 60.9 Å². The molecule has 9 heteroatoms. The number of ether oxygens (including phenoxy) is 3. The minimum absolute atomic E-state index is 0.00720. The van der Waals surface area contributed by atoms with E-state index in [-0.39, 0.29) is 24.9 Å². The first-order valence-electron chi connectivity index (χ1n) is 10.5. The Labute approximate surface area is 192 Å². The predicted octanol–water partition coefficient (Wildman–Crippen LogP) is 3.40. The van der Waals surface area contributed by atoms with Gasteiger partial charge in [0.25, 0.3) is 0 Å². The number of aromatic nitrogens is 1. The second-order valence-corrected chi connectivity index (χ2v) is 8.03. The van der Waals surface area contributed by atoms with Gasteiger partial charge < -0.3 is 29.1 Å². The Kier molecular flexibility index (Phi) is 7.02. The lowest BCUT2D eigenvalue weighted by Gasteiger charge is -2.31. The van der Waals surface area contributed by atoms with Crippen LogP contribution in [0.1, 0.15) is 12.8 Å². The third-order valence-electron chi connectivity index (χ3n) is 5.55. The summed E-state index contributed by atoms with van der Waals surface area (Å²) in [5.74, 6) is 2.05. The number of pyridine rings is 1. The molecular weight excluding hydrogens is 434 g/mol. The second kappa shape index (κ2) is 10.1. The van der Waals surface area contributed by atoms with Crippen molar-refractivity contribution in [2.24, 2.45) is 5.92 Å². The molecule has 3 heterocycles. The molecular formula is C23H26ClN3O5. The normalized spacial score (nSPS) is 17.9. The quantitative estimate of drug-likeness (QED) is 0.635. The lowest BCUT2D eigenvalue weighted by Crippen LogP contribution is -2.28. The maximum atomic E-state index is 11.9. The van der Waals surface area contributed by atoms with E-state index in [2.05, 4.69) is 9.88 Å². The highest BCUT2D eigenvalue weighted by Crippen LogP contribution is 2.40. The van der Waals surface area contributed by atoms with Gasteiger partial charge in [-0.2, -0.15) is 0 Å². The van der Waals surface area contributed by atoms with Crippen molar-refractivity contribution in [2.75, 3.05) is 44.9 Å². The van der Waals surface area contributed by atoms with Gasteiger partial charge >= 0.3 is 0 Å². The Bertz CT molecular complexity index is 1000. The summed E-state index contributed by atoms with van der Waals surface area (Å²) in [4.78, 5) is 20.0. The monoisotopic (exact) mass is 459 g/mol. The number of likely N-dealkylation sites (tertiary alicyclic amines) is 1. The van der Waals surface area contributed by atoms with E-state index in [1.165, 1.54) is 7.11 Å². The highest BCUT2D eigenvalue weighted by Gasteiger charge is 2.24. The molecule has 2 aliphatic rings. The molecule has 2 aromatic rings. The molecule has 1 N–H and O–H groups in total. The van der Waals surface area contributed by atoms with Gasteiger partial charge in [0.05, 0.1) is 44.1 Å². The number of methoxy groups -OCH3 is 1. The van der Waals surface area contributed by atoms with Crippen LogP contribution in [0.5, 0.6) is 17.4 Å². The van der Waals surface area contributed by atoms with Crippen LogP contribution in [0, 0.1) is 5.92 Å². The van der Waals surface area contributed by atoms with E-state index in [0.29, 0.717) is 42.9 Å². The van der Waals surface area contributed by atoms with Gasteiger partial charge in [-0.05, 0) is 36.6 Å². The number of benzene rings is 1. The van der Waals surface area contributed by atoms with Crippen LogP contribution in [-0.2, 0) is 4.79 Å². The van der Waals surface area contributed by atoms with Gasteiger partial charge in [-0.25, -0.2) is 4.98 Å². The molecule has 0 bridgehead atoms. The van der Waals surface area contributed by atoms with Gasteiger partial charge in [-0.15, -0.1) is 0 Å². The third-order valence-corrected chi connectivity index (χ3v) is 5.82. The van der Waals surface area contributed by atoms with E-state index in [4.69, 9.17) is 30.9 Å². The fourth-order valence-electron chi connectivity index (χ4n) is 3.91. The number of amides is 1. The lowest BCUT2D eigenvalue weighted by atomic mass is 10.1. The van der Waals surface area contributed by atoms with Gasteiger partial charge in [-0.1, -0.05) is 11.6 Å². The van der Waals surface area contributed by atoms with E-state index in [1.807, 2.05) is 30.3 Å². The number of aliphatic hydroxyl groups is 1. The molecule has 1 aromatic heterocycles. The van der Waals surface area contributed by atoms with Crippen LogP contribution in [0.4, 0.5) is 11.4 Å². The number of anilines is 2. The number of carbonyl (C=O) groups excluding carboxylic acids is 1. The first-order chi connectivity index (χ1) is 15.6. The second-order valence-electron chi connectivity index (χ2n) is 7.62. The summed E-state index contributed by atoms with van der Waals surface area (Å²) < 4.78 is 16.8. The van der Waals surface area contributed by atoms with E-state index in [1.54, 1.807) is 17.4 Å². The standard InChI is InChI=1S/C23H26ClN3O5/c1-30-23-19(24)12-17(14-25-23)27-8-11-32-21-3-2-18(13-20(21)27)31-10-6-16-4-7-26(15-16)22(29)5-9-28/h2-3,6,10,12-14,16,28H,4-5,7-9,11,15H2,1H3. The van der Waals surface area contributed by atoms with Crippen LogP contribution < -0.4 is 19.1 Å². The van der Waals surface area contributed by atoms with Crippen LogP contribution in [0.25, 0.3) is 0 Å². The number of fused-ring (bicyclic) bond motifs is 1. The fourth-order valence-corrected chi connectivity index (χ4v) is 4.14. The average molecular weight is 460 g/mol. The molecule has 1 atom stereocenters. The molecule has 32 heavy (non-hydrogen) atoms. The first kappa shape index (κ1) is 22.2. The average Bonchev–Trinajstić information content (AvgIpc) is 3.28. The molecule has 0 saturated carbocycles. The summed E-state index contributed by atoms with van der Waals surface area (Å²) in [6, 6.07) is 7.48. The zero-order valence-electron chi connectivity index (χ0n) is 17.9. The summed E-state index contributed by atoms with van der Waals surface area (Å²) in [5, 5.41) is 9.37. The summed E-state index contributed by atoms with van der Waals surface area (Å²) >= 11 is 6.27. The summed E-state index contributed by atoms with van der Waals surface area (Å²) in [7, 11) is 1.53. The fraction of sp³-hybridized carbons (Fsp3) is 0.391. The maximum Gasteiger partial charge on any atom is 0.232 e. The van der Waals surface area contributed by atoms with Crippen molar-refractivity contribution in [2.45, 2.75) is 12.8 Å². The van der Waals surface area contributed by atoms with Crippen molar-refractivity contribution >= 4 is 28.9 Å². The van der Waals surface area contributed by atoms with Crippen LogP contribution in [0.3, 0.4) is 0 Å². The Morgan fingerprint density at radius 1 is 1.38 bits per heavy atom. The lowest BCUT2D eigenvalue weighted by molar-refractivity contribution is -0.130. The SMILES string of the molecule is COc1ncc(N2CCOc3ccc(OC=CC4CCN(C(=O)CCO)C4)cc32)cc1Cl. The number of nitrogens with zero attached hydrogens (tertiary/aromatic N) is 3. The van der Waals surface area contributed by atoms with Crippen molar-refractivity contribution in [1.82, 2.24) is 9.88 Å². The van der Waals surface area contributed by atoms with Crippen LogP contribution in [0.15, 0.2) is 42.8 Å². The smallest absolute Gasteiger partial charge is 0.232 e. The molecule has 1 saturated heterocycles. The van der Waals surface area contributed by atoms with Crippen LogP contribution >= 0.6 is 11.6 Å².